The van der Waals surface area contributed by atoms with E-state index in [0.717, 1.165) is 13.0 Å². The summed E-state index contributed by atoms with van der Waals surface area (Å²) in [4.78, 5) is 13.2. The molecule has 1 saturated carbocycles. The number of carbonyl (C=O) groups excluding carboxylic acids is 1. The lowest BCUT2D eigenvalue weighted by atomic mass is 9.84. The predicted octanol–water partition coefficient (Wildman–Crippen LogP) is 2.85. The standard InChI is InChI=1S/C15H21NO2S/c1-11-9-12(14(17)18-11)16-10-15(6-2-3-7-15)13-5-4-8-19-13/h4-5,8,11-12,16H,2-3,6-7,9-10H2,1H3/t11-,12-/m1/s1. The van der Waals surface area contributed by atoms with Crippen molar-refractivity contribution in [3.8, 4) is 0 Å². The summed E-state index contributed by atoms with van der Waals surface area (Å²) >= 11 is 1.85. The largest absolute Gasteiger partial charge is 0.461 e. The van der Waals surface area contributed by atoms with Crippen molar-refractivity contribution >= 4 is 17.3 Å². The molecular weight excluding hydrogens is 258 g/mol. The number of carbonyl (C=O) groups is 1. The molecule has 0 unspecified atom stereocenters. The van der Waals surface area contributed by atoms with Crippen molar-refractivity contribution in [2.45, 2.75) is 56.6 Å². The topological polar surface area (TPSA) is 38.3 Å². The lowest BCUT2D eigenvalue weighted by Crippen LogP contribution is -2.42. The van der Waals surface area contributed by atoms with Gasteiger partial charge in [-0.3, -0.25) is 4.79 Å². The fraction of sp³-hybridized carbons (Fsp3) is 0.667. The number of esters is 1. The predicted molar refractivity (Wildman–Crippen MR) is 76.4 cm³/mol. The van der Waals surface area contributed by atoms with Gasteiger partial charge in [-0.25, -0.2) is 0 Å². The zero-order chi connectivity index (χ0) is 13.3. The number of thiophene rings is 1. The molecule has 19 heavy (non-hydrogen) atoms. The van der Waals surface area contributed by atoms with Crippen LogP contribution < -0.4 is 5.32 Å². The molecule has 2 fully saturated rings. The molecule has 1 aliphatic heterocycles. The molecule has 2 atom stereocenters. The first-order chi connectivity index (χ1) is 9.20. The molecule has 0 aromatic carbocycles. The molecule has 0 amide bonds. The average molecular weight is 279 g/mol. The Labute approximate surface area is 118 Å². The van der Waals surface area contributed by atoms with Crippen LogP contribution in [-0.4, -0.2) is 24.7 Å². The monoisotopic (exact) mass is 279 g/mol. The normalized spacial score (nSPS) is 29.6. The average Bonchev–Trinajstić information content (AvgIpc) is 3.07. The van der Waals surface area contributed by atoms with Crippen LogP contribution in [0, 0.1) is 0 Å². The Morgan fingerprint density at radius 1 is 1.47 bits per heavy atom. The Morgan fingerprint density at radius 2 is 2.26 bits per heavy atom. The Kier molecular flexibility index (Phi) is 3.63. The van der Waals surface area contributed by atoms with E-state index < -0.39 is 0 Å². The molecule has 2 heterocycles. The van der Waals surface area contributed by atoms with Crippen LogP contribution >= 0.6 is 11.3 Å². The third-order valence-corrected chi connectivity index (χ3v) is 5.58. The minimum atomic E-state index is -0.104. The summed E-state index contributed by atoms with van der Waals surface area (Å²) in [6.45, 7) is 2.87. The summed E-state index contributed by atoms with van der Waals surface area (Å²) in [6.07, 6.45) is 5.93. The number of hydrogen-bond donors (Lipinski definition) is 1. The van der Waals surface area contributed by atoms with Crippen molar-refractivity contribution in [3.63, 3.8) is 0 Å². The van der Waals surface area contributed by atoms with Crippen LogP contribution in [0.5, 0.6) is 0 Å². The maximum absolute atomic E-state index is 11.7. The summed E-state index contributed by atoms with van der Waals surface area (Å²) in [7, 11) is 0. The first-order valence-electron chi connectivity index (χ1n) is 7.17. The van der Waals surface area contributed by atoms with E-state index in [0.29, 0.717) is 0 Å². The molecule has 1 aliphatic carbocycles. The summed E-state index contributed by atoms with van der Waals surface area (Å²) in [5.74, 6) is -0.0770. The number of rotatable bonds is 4. The quantitative estimate of drug-likeness (QED) is 0.861. The molecule has 1 N–H and O–H groups in total. The molecule has 0 radical (unpaired) electrons. The van der Waals surface area contributed by atoms with Gasteiger partial charge >= 0.3 is 5.97 Å². The second-order valence-corrected chi connectivity index (χ2v) is 6.83. The molecule has 4 heteroatoms. The van der Waals surface area contributed by atoms with Gasteiger partial charge in [0.15, 0.2) is 0 Å². The van der Waals surface area contributed by atoms with E-state index >= 15 is 0 Å². The van der Waals surface area contributed by atoms with Gasteiger partial charge in [0.1, 0.15) is 12.1 Å². The number of cyclic esters (lactones) is 1. The van der Waals surface area contributed by atoms with Crippen LogP contribution in [0.3, 0.4) is 0 Å². The number of ether oxygens (including phenoxy) is 1. The van der Waals surface area contributed by atoms with Gasteiger partial charge < -0.3 is 10.1 Å². The summed E-state index contributed by atoms with van der Waals surface area (Å²) < 4.78 is 5.21. The highest BCUT2D eigenvalue weighted by molar-refractivity contribution is 7.10. The van der Waals surface area contributed by atoms with Crippen molar-refractivity contribution in [3.05, 3.63) is 22.4 Å². The highest BCUT2D eigenvalue weighted by Gasteiger charge is 2.39. The van der Waals surface area contributed by atoms with Crippen molar-refractivity contribution in [1.29, 1.82) is 0 Å². The maximum Gasteiger partial charge on any atom is 0.323 e. The van der Waals surface area contributed by atoms with E-state index in [2.05, 4.69) is 22.8 Å². The van der Waals surface area contributed by atoms with E-state index in [9.17, 15) is 4.79 Å². The molecule has 2 aliphatic rings. The SMILES string of the molecule is C[C@@H]1C[C@@H](NCC2(c3cccs3)CCCC2)C(=O)O1. The third kappa shape index (κ3) is 2.56. The van der Waals surface area contributed by atoms with Crippen LogP contribution in [0.25, 0.3) is 0 Å². The zero-order valence-electron chi connectivity index (χ0n) is 11.4. The Morgan fingerprint density at radius 3 is 2.84 bits per heavy atom. The van der Waals surface area contributed by atoms with Crippen molar-refractivity contribution in [2.75, 3.05) is 6.54 Å². The smallest absolute Gasteiger partial charge is 0.323 e. The van der Waals surface area contributed by atoms with Crippen LogP contribution in [0.15, 0.2) is 17.5 Å². The molecule has 0 spiro atoms. The van der Waals surface area contributed by atoms with E-state index in [1.165, 1.54) is 30.6 Å². The fourth-order valence-corrected chi connectivity index (χ4v) is 4.37. The molecular formula is C15H21NO2S. The molecule has 3 rings (SSSR count). The first-order valence-corrected chi connectivity index (χ1v) is 8.05. The first kappa shape index (κ1) is 13.1. The van der Waals surface area contributed by atoms with Crippen LogP contribution in [0.1, 0.15) is 43.9 Å². The molecule has 3 nitrogen and oxygen atoms in total. The van der Waals surface area contributed by atoms with Gasteiger partial charge in [0.2, 0.25) is 0 Å². The lowest BCUT2D eigenvalue weighted by Gasteiger charge is -2.29. The van der Waals surface area contributed by atoms with Crippen molar-refractivity contribution in [1.82, 2.24) is 5.32 Å². The van der Waals surface area contributed by atoms with Gasteiger partial charge in [-0.2, -0.15) is 0 Å². The Hall–Kier alpha value is -0.870. The molecule has 1 aromatic heterocycles. The number of nitrogens with one attached hydrogen (secondary N) is 1. The molecule has 1 aromatic rings. The molecule has 1 saturated heterocycles. The third-order valence-electron chi connectivity index (χ3n) is 4.46. The minimum absolute atomic E-state index is 0.0614. The van der Waals surface area contributed by atoms with E-state index in [1.54, 1.807) is 0 Å². The molecule has 104 valence electrons. The van der Waals surface area contributed by atoms with Gasteiger partial charge in [-0.1, -0.05) is 18.9 Å². The summed E-state index contributed by atoms with van der Waals surface area (Å²) in [5, 5.41) is 5.62. The second-order valence-electron chi connectivity index (χ2n) is 5.88. The van der Waals surface area contributed by atoms with Crippen molar-refractivity contribution < 1.29 is 9.53 Å². The number of hydrogen-bond acceptors (Lipinski definition) is 4. The zero-order valence-corrected chi connectivity index (χ0v) is 12.2. The van der Waals surface area contributed by atoms with E-state index in [4.69, 9.17) is 4.74 Å². The summed E-state index contributed by atoms with van der Waals surface area (Å²) in [5.41, 5.74) is 0.250. The van der Waals surface area contributed by atoms with Gasteiger partial charge in [-0.15, -0.1) is 11.3 Å². The van der Waals surface area contributed by atoms with Gasteiger partial charge in [0, 0.05) is 23.3 Å². The van der Waals surface area contributed by atoms with Crippen LogP contribution in [0.4, 0.5) is 0 Å². The molecule has 0 bridgehead atoms. The maximum atomic E-state index is 11.7. The highest BCUT2D eigenvalue weighted by Crippen LogP contribution is 2.42. The van der Waals surface area contributed by atoms with Gasteiger partial charge in [0.25, 0.3) is 0 Å². The van der Waals surface area contributed by atoms with Crippen LogP contribution in [-0.2, 0) is 14.9 Å². The second kappa shape index (κ2) is 5.25. The van der Waals surface area contributed by atoms with E-state index in [-0.39, 0.29) is 23.5 Å². The van der Waals surface area contributed by atoms with Gasteiger partial charge in [0.05, 0.1) is 0 Å². The highest BCUT2D eigenvalue weighted by atomic mass is 32.1. The minimum Gasteiger partial charge on any atom is -0.461 e. The van der Waals surface area contributed by atoms with Crippen LogP contribution in [0.2, 0.25) is 0 Å². The van der Waals surface area contributed by atoms with E-state index in [1.807, 2.05) is 18.3 Å². The Balaban J connectivity index is 1.68. The van der Waals surface area contributed by atoms with Gasteiger partial charge in [-0.05, 0) is 31.2 Å². The summed E-state index contributed by atoms with van der Waals surface area (Å²) in [6, 6.07) is 4.27. The lowest BCUT2D eigenvalue weighted by molar-refractivity contribution is -0.142. The fourth-order valence-electron chi connectivity index (χ4n) is 3.38. The Bertz CT molecular complexity index is 437. The van der Waals surface area contributed by atoms with Crippen molar-refractivity contribution in [2.24, 2.45) is 0 Å².